The first-order valence-corrected chi connectivity index (χ1v) is 6.28. The standard InChI is InChI=1S/C13H18N2O4/c1-13(12(18)19)7-9(11(16)17)6-10(8-13)15-4-2-14-3-5-15/h6,8,14H,2-5,7H2,1H3,(H,16,17)(H,18,19). The van der Waals surface area contributed by atoms with Gasteiger partial charge in [0.15, 0.2) is 0 Å². The van der Waals surface area contributed by atoms with Gasteiger partial charge >= 0.3 is 11.9 Å². The molecule has 2 rings (SSSR count). The first-order valence-electron chi connectivity index (χ1n) is 6.28. The lowest BCUT2D eigenvalue weighted by atomic mass is 9.79. The van der Waals surface area contributed by atoms with E-state index < -0.39 is 17.4 Å². The summed E-state index contributed by atoms with van der Waals surface area (Å²) >= 11 is 0. The summed E-state index contributed by atoms with van der Waals surface area (Å²) in [5.41, 5.74) is -0.293. The number of hydrogen-bond acceptors (Lipinski definition) is 4. The SMILES string of the molecule is CC1(C(=O)O)C=C(N2CCNCC2)C=C(C(=O)O)C1. The number of nitrogens with zero attached hydrogens (tertiary/aromatic N) is 1. The van der Waals surface area contributed by atoms with E-state index in [0.29, 0.717) is 5.70 Å². The zero-order valence-electron chi connectivity index (χ0n) is 10.8. The third kappa shape index (κ3) is 2.78. The highest BCUT2D eigenvalue weighted by molar-refractivity contribution is 5.90. The number of hydrogen-bond donors (Lipinski definition) is 3. The number of carbonyl (C=O) groups is 2. The Labute approximate surface area is 111 Å². The molecule has 1 fully saturated rings. The minimum atomic E-state index is -1.15. The van der Waals surface area contributed by atoms with Gasteiger partial charge in [-0.15, -0.1) is 0 Å². The van der Waals surface area contributed by atoms with Crippen LogP contribution in [0.1, 0.15) is 13.3 Å². The predicted molar refractivity (Wildman–Crippen MR) is 68.6 cm³/mol. The predicted octanol–water partition coefficient (Wildman–Crippen LogP) is 0.281. The maximum atomic E-state index is 11.4. The van der Waals surface area contributed by atoms with Gasteiger partial charge in [-0.1, -0.05) is 0 Å². The quantitative estimate of drug-likeness (QED) is 0.680. The Morgan fingerprint density at radius 1 is 1.32 bits per heavy atom. The van der Waals surface area contributed by atoms with Crippen LogP contribution < -0.4 is 5.32 Å². The van der Waals surface area contributed by atoms with Crippen molar-refractivity contribution in [1.82, 2.24) is 10.2 Å². The molecule has 6 nitrogen and oxygen atoms in total. The van der Waals surface area contributed by atoms with E-state index >= 15 is 0 Å². The van der Waals surface area contributed by atoms with Gasteiger partial charge < -0.3 is 20.4 Å². The van der Waals surface area contributed by atoms with Gasteiger partial charge in [-0.2, -0.15) is 0 Å². The molecule has 104 valence electrons. The van der Waals surface area contributed by atoms with Crippen LogP contribution in [-0.4, -0.2) is 53.2 Å². The summed E-state index contributed by atoms with van der Waals surface area (Å²) in [7, 11) is 0. The van der Waals surface area contributed by atoms with E-state index in [1.165, 1.54) is 0 Å². The molecular weight excluding hydrogens is 248 g/mol. The van der Waals surface area contributed by atoms with Crippen LogP contribution >= 0.6 is 0 Å². The van der Waals surface area contributed by atoms with Gasteiger partial charge in [0, 0.05) is 37.4 Å². The van der Waals surface area contributed by atoms with Gasteiger partial charge in [-0.25, -0.2) is 4.79 Å². The fourth-order valence-electron chi connectivity index (χ4n) is 2.42. The highest BCUT2D eigenvalue weighted by atomic mass is 16.4. The summed E-state index contributed by atoms with van der Waals surface area (Å²) in [6, 6.07) is 0. The van der Waals surface area contributed by atoms with E-state index in [4.69, 9.17) is 5.11 Å². The van der Waals surface area contributed by atoms with Gasteiger partial charge in [0.05, 0.1) is 5.41 Å². The van der Waals surface area contributed by atoms with E-state index in [0.717, 1.165) is 26.2 Å². The van der Waals surface area contributed by atoms with Crippen molar-refractivity contribution in [2.75, 3.05) is 26.2 Å². The number of piperazine rings is 1. The Kier molecular flexibility index (Phi) is 3.61. The van der Waals surface area contributed by atoms with E-state index in [2.05, 4.69) is 5.32 Å². The zero-order valence-corrected chi connectivity index (χ0v) is 10.8. The molecule has 0 amide bonds. The molecule has 6 heteroatoms. The van der Waals surface area contributed by atoms with Gasteiger partial charge in [0.25, 0.3) is 0 Å². The fourth-order valence-corrected chi connectivity index (χ4v) is 2.42. The topological polar surface area (TPSA) is 89.9 Å². The van der Waals surface area contributed by atoms with Crippen molar-refractivity contribution in [3.05, 3.63) is 23.4 Å². The molecule has 0 bridgehead atoms. The number of carboxylic acids is 2. The molecule has 1 unspecified atom stereocenters. The second-order valence-electron chi connectivity index (χ2n) is 5.18. The minimum absolute atomic E-state index is 0.0211. The molecule has 0 radical (unpaired) electrons. The zero-order chi connectivity index (χ0) is 14.0. The summed E-state index contributed by atoms with van der Waals surface area (Å²) in [6.07, 6.45) is 3.29. The first-order chi connectivity index (χ1) is 8.92. The smallest absolute Gasteiger partial charge is 0.331 e. The maximum absolute atomic E-state index is 11.4. The Morgan fingerprint density at radius 2 is 1.95 bits per heavy atom. The van der Waals surface area contributed by atoms with Crippen LogP contribution in [0.15, 0.2) is 23.4 Å². The molecule has 1 heterocycles. The van der Waals surface area contributed by atoms with Crippen LogP contribution in [0.5, 0.6) is 0 Å². The highest BCUT2D eigenvalue weighted by Crippen LogP contribution is 2.35. The molecule has 1 aliphatic carbocycles. The third-order valence-corrected chi connectivity index (χ3v) is 3.59. The molecule has 1 saturated heterocycles. The Hall–Kier alpha value is -1.82. The lowest BCUT2D eigenvalue weighted by molar-refractivity contribution is -0.145. The van der Waals surface area contributed by atoms with Crippen molar-refractivity contribution in [2.45, 2.75) is 13.3 Å². The fraction of sp³-hybridized carbons (Fsp3) is 0.538. The van der Waals surface area contributed by atoms with Crippen LogP contribution in [0.4, 0.5) is 0 Å². The molecule has 0 aromatic heterocycles. The molecule has 1 aliphatic heterocycles. The first kappa shape index (κ1) is 13.6. The molecule has 1 atom stereocenters. The molecule has 2 aliphatic rings. The summed E-state index contributed by atoms with van der Waals surface area (Å²) in [4.78, 5) is 24.6. The monoisotopic (exact) mass is 266 g/mol. The second kappa shape index (κ2) is 5.05. The maximum Gasteiger partial charge on any atom is 0.331 e. The largest absolute Gasteiger partial charge is 0.481 e. The van der Waals surface area contributed by atoms with Crippen LogP contribution in [0.2, 0.25) is 0 Å². The average molecular weight is 266 g/mol. The minimum Gasteiger partial charge on any atom is -0.481 e. The third-order valence-electron chi connectivity index (χ3n) is 3.59. The number of rotatable bonds is 3. The van der Waals surface area contributed by atoms with Crippen molar-refractivity contribution in [1.29, 1.82) is 0 Å². The van der Waals surface area contributed by atoms with Gasteiger partial charge in [-0.3, -0.25) is 4.79 Å². The van der Waals surface area contributed by atoms with Crippen molar-refractivity contribution in [3.8, 4) is 0 Å². The molecule has 3 N–H and O–H groups in total. The van der Waals surface area contributed by atoms with E-state index in [9.17, 15) is 14.7 Å². The number of carboxylic acid groups (broad SMARTS) is 2. The highest BCUT2D eigenvalue weighted by Gasteiger charge is 2.37. The van der Waals surface area contributed by atoms with Crippen molar-refractivity contribution >= 4 is 11.9 Å². The molecule has 0 spiro atoms. The Balaban J connectivity index is 2.34. The molecule has 19 heavy (non-hydrogen) atoms. The Morgan fingerprint density at radius 3 is 2.47 bits per heavy atom. The van der Waals surface area contributed by atoms with Crippen LogP contribution in [0.3, 0.4) is 0 Å². The summed E-state index contributed by atoms with van der Waals surface area (Å²) in [6.45, 7) is 4.71. The summed E-state index contributed by atoms with van der Waals surface area (Å²) in [5.74, 6) is -2.04. The van der Waals surface area contributed by atoms with Crippen molar-refractivity contribution in [2.24, 2.45) is 5.41 Å². The lowest BCUT2D eigenvalue weighted by Crippen LogP contribution is -2.44. The van der Waals surface area contributed by atoms with E-state index in [1.54, 1.807) is 19.1 Å². The van der Waals surface area contributed by atoms with Gasteiger partial charge in [0.2, 0.25) is 0 Å². The lowest BCUT2D eigenvalue weighted by Gasteiger charge is -2.35. The number of aliphatic carboxylic acids is 2. The van der Waals surface area contributed by atoms with Crippen molar-refractivity contribution in [3.63, 3.8) is 0 Å². The summed E-state index contributed by atoms with van der Waals surface area (Å²) in [5, 5.41) is 21.7. The second-order valence-corrected chi connectivity index (χ2v) is 5.18. The molecule has 0 saturated carbocycles. The molecule has 0 aromatic carbocycles. The van der Waals surface area contributed by atoms with Crippen LogP contribution in [0.25, 0.3) is 0 Å². The average Bonchev–Trinajstić information content (AvgIpc) is 2.39. The number of nitrogens with one attached hydrogen (secondary N) is 1. The summed E-state index contributed by atoms with van der Waals surface area (Å²) < 4.78 is 0. The normalized spacial score (nSPS) is 27.5. The number of allylic oxidation sites excluding steroid dienone is 1. The van der Waals surface area contributed by atoms with Gasteiger partial charge in [-0.05, 0) is 25.5 Å². The molecular formula is C13H18N2O4. The van der Waals surface area contributed by atoms with Crippen LogP contribution in [-0.2, 0) is 9.59 Å². The van der Waals surface area contributed by atoms with Crippen LogP contribution in [0, 0.1) is 5.41 Å². The Bertz CT molecular complexity index is 463. The molecule has 0 aromatic rings. The van der Waals surface area contributed by atoms with Crippen molar-refractivity contribution < 1.29 is 19.8 Å². The van der Waals surface area contributed by atoms with Gasteiger partial charge in [0.1, 0.15) is 0 Å². The van der Waals surface area contributed by atoms with E-state index in [1.807, 2.05) is 4.90 Å². The van der Waals surface area contributed by atoms with E-state index in [-0.39, 0.29) is 12.0 Å².